The largest absolute Gasteiger partial charge is 0.386 e. The van der Waals surface area contributed by atoms with E-state index in [1.54, 1.807) is 19.1 Å². The number of hydrogen-bond acceptors (Lipinski definition) is 6. The molecule has 3 aromatic rings. The monoisotopic (exact) mass is 342 g/mol. The number of anilines is 1. The average molecular weight is 342 g/mol. The van der Waals surface area contributed by atoms with Gasteiger partial charge in [-0.1, -0.05) is 30.3 Å². The van der Waals surface area contributed by atoms with Gasteiger partial charge in [0, 0.05) is 0 Å². The predicted octanol–water partition coefficient (Wildman–Crippen LogP) is -0.0599. The van der Waals surface area contributed by atoms with E-state index in [-0.39, 0.29) is 29.6 Å². The van der Waals surface area contributed by atoms with Gasteiger partial charge in [-0.05, 0) is 12.5 Å². The lowest BCUT2D eigenvalue weighted by atomic mass is 10.0. The summed E-state index contributed by atoms with van der Waals surface area (Å²) in [5, 5.41) is 13.0. The lowest BCUT2D eigenvalue weighted by Gasteiger charge is -2.20. The van der Waals surface area contributed by atoms with Crippen molar-refractivity contribution in [3.05, 3.63) is 52.6 Å². The summed E-state index contributed by atoms with van der Waals surface area (Å²) in [7, 11) is 0. The second-order valence-corrected chi connectivity index (χ2v) is 5.71. The van der Waals surface area contributed by atoms with Crippen LogP contribution < -0.4 is 16.6 Å². The summed E-state index contributed by atoms with van der Waals surface area (Å²) < 4.78 is 1.43. The second-order valence-electron chi connectivity index (χ2n) is 5.71. The summed E-state index contributed by atoms with van der Waals surface area (Å²) >= 11 is 0. The molecule has 5 N–H and O–H groups in total. The molecule has 0 saturated heterocycles. The molecule has 0 aliphatic rings. The number of hydrogen-bond donors (Lipinski definition) is 4. The number of nitrogens with zero attached hydrogens (tertiary/aromatic N) is 3. The van der Waals surface area contributed by atoms with Crippen LogP contribution in [-0.4, -0.2) is 36.6 Å². The van der Waals surface area contributed by atoms with Gasteiger partial charge in [-0.2, -0.15) is 4.98 Å². The quantitative estimate of drug-likeness (QED) is 0.512. The van der Waals surface area contributed by atoms with Gasteiger partial charge in [0.2, 0.25) is 11.9 Å². The van der Waals surface area contributed by atoms with E-state index in [4.69, 9.17) is 5.73 Å². The highest BCUT2D eigenvalue weighted by Gasteiger charge is 2.19. The Morgan fingerprint density at radius 3 is 2.84 bits per heavy atom. The lowest BCUT2D eigenvalue weighted by Crippen LogP contribution is -2.38. The molecule has 2 heterocycles. The fourth-order valence-corrected chi connectivity index (χ4v) is 2.56. The Morgan fingerprint density at radius 1 is 1.40 bits per heavy atom. The molecule has 0 fully saturated rings. The molecular weight excluding hydrogens is 324 g/mol. The van der Waals surface area contributed by atoms with Crippen molar-refractivity contribution < 1.29 is 9.90 Å². The van der Waals surface area contributed by atoms with E-state index >= 15 is 0 Å². The molecule has 3 rings (SSSR count). The third-order valence-electron chi connectivity index (χ3n) is 3.81. The Balaban J connectivity index is 1.72. The topological polar surface area (TPSA) is 139 Å². The number of nitrogens with one attached hydrogen (secondary N) is 2. The molecule has 2 unspecified atom stereocenters. The van der Waals surface area contributed by atoms with E-state index in [0.29, 0.717) is 5.56 Å². The van der Waals surface area contributed by atoms with Crippen LogP contribution in [0.4, 0.5) is 5.95 Å². The van der Waals surface area contributed by atoms with Crippen LogP contribution in [0.15, 0.2) is 41.5 Å². The molecule has 2 aromatic heterocycles. The molecule has 9 heteroatoms. The molecule has 0 radical (unpaired) electrons. The van der Waals surface area contributed by atoms with Gasteiger partial charge in [0.05, 0.1) is 18.5 Å². The standard InChI is InChI=1S/C16H18N6O3/c1-9(13(24)10-5-3-2-4-6-10)19-11(23)7-22-8-18-12-14(22)20-16(17)21-15(12)25/h2-6,8-9,13,24H,7H2,1H3,(H,19,23)(H3,17,20,21,25). The molecule has 0 aliphatic carbocycles. The summed E-state index contributed by atoms with van der Waals surface area (Å²) in [6.07, 6.45) is 0.519. The van der Waals surface area contributed by atoms with E-state index in [1.165, 1.54) is 10.9 Å². The van der Waals surface area contributed by atoms with Crippen molar-refractivity contribution in [2.24, 2.45) is 0 Å². The number of H-pyrrole nitrogens is 1. The zero-order chi connectivity index (χ0) is 18.0. The molecule has 1 amide bonds. The maximum absolute atomic E-state index is 12.3. The highest BCUT2D eigenvalue weighted by atomic mass is 16.3. The van der Waals surface area contributed by atoms with Gasteiger partial charge in [0.1, 0.15) is 6.54 Å². The van der Waals surface area contributed by atoms with Gasteiger partial charge < -0.3 is 20.7 Å². The molecule has 0 aliphatic heterocycles. The molecule has 130 valence electrons. The van der Waals surface area contributed by atoms with Crippen molar-refractivity contribution in [2.45, 2.75) is 25.6 Å². The third kappa shape index (κ3) is 3.50. The van der Waals surface area contributed by atoms with Gasteiger partial charge in [-0.25, -0.2) is 4.98 Å². The highest BCUT2D eigenvalue weighted by molar-refractivity contribution is 5.79. The van der Waals surface area contributed by atoms with Crippen molar-refractivity contribution in [1.82, 2.24) is 24.8 Å². The minimum Gasteiger partial charge on any atom is -0.386 e. The number of nitrogens with two attached hydrogens (primary N) is 1. The van der Waals surface area contributed by atoms with Crippen molar-refractivity contribution >= 4 is 23.0 Å². The number of carbonyl (C=O) groups is 1. The number of fused-ring (bicyclic) bond motifs is 1. The minimum absolute atomic E-state index is 0.0486. The van der Waals surface area contributed by atoms with Crippen molar-refractivity contribution in [3.8, 4) is 0 Å². The van der Waals surface area contributed by atoms with E-state index in [1.807, 2.05) is 18.2 Å². The van der Waals surface area contributed by atoms with E-state index in [9.17, 15) is 14.7 Å². The summed E-state index contributed by atoms with van der Waals surface area (Å²) in [5.74, 6) is -0.394. The fraction of sp³-hybridized carbons (Fsp3) is 0.250. The van der Waals surface area contributed by atoms with Crippen molar-refractivity contribution in [2.75, 3.05) is 5.73 Å². The molecule has 0 bridgehead atoms. The summed E-state index contributed by atoms with van der Waals surface area (Å²) in [6, 6.07) is 8.57. The fourth-order valence-electron chi connectivity index (χ4n) is 2.56. The zero-order valence-corrected chi connectivity index (χ0v) is 13.5. The Labute approximate surface area is 142 Å². The Kier molecular flexibility index (Phi) is 4.48. The van der Waals surface area contributed by atoms with Crippen molar-refractivity contribution in [3.63, 3.8) is 0 Å². The third-order valence-corrected chi connectivity index (χ3v) is 3.81. The summed E-state index contributed by atoms with van der Waals surface area (Å²) in [6.45, 7) is 1.61. The number of imidazole rings is 1. The van der Waals surface area contributed by atoms with Gasteiger partial charge in [-0.15, -0.1) is 0 Å². The normalized spacial score (nSPS) is 13.5. The number of carbonyl (C=O) groups excluding carboxylic acids is 1. The lowest BCUT2D eigenvalue weighted by molar-refractivity contribution is -0.123. The molecule has 2 atom stereocenters. The molecule has 9 nitrogen and oxygen atoms in total. The van der Waals surface area contributed by atoms with E-state index in [2.05, 4.69) is 20.3 Å². The van der Waals surface area contributed by atoms with Crippen LogP contribution in [0, 0.1) is 0 Å². The van der Waals surface area contributed by atoms with Crippen LogP contribution in [0.2, 0.25) is 0 Å². The van der Waals surface area contributed by atoms with Gasteiger partial charge >= 0.3 is 0 Å². The van der Waals surface area contributed by atoms with E-state index in [0.717, 1.165) is 0 Å². The summed E-state index contributed by atoms with van der Waals surface area (Å²) in [4.78, 5) is 34.3. The van der Waals surface area contributed by atoms with Crippen LogP contribution in [0.3, 0.4) is 0 Å². The minimum atomic E-state index is -0.832. The predicted molar refractivity (Wildman–Crippen MR) is 91.6 cm³/mol. The zero-order valence-electron chi connectivity index (χ0n) is 13.5. The first-order chi connectivity index (χ1) is 12.0. The number of amides is 1. The van der Waals surface area contributed by atoms with Gasteiger partial charge in [-0.3, -0.25) is 14.6 Å². The Bertz CT molecular complexity index is 949. The molecule has 0 spiro atoms. The molecule has 25 heavy (non-hydrogen) atoms. The first-order valence-corrected chi connectivity index (χ1v) is 7.68. The van der Waals surface area contributed by atoms with E-state index < -0.39 is 17.7 Å². The van der Waals surface area contributed by atoms with Crippen LogP contribution in [0.25, 0.3) is 11.2 Å². The highest BCUT2D eigenvalue weighted by Crippen LogP contribution is 2.16. The van der Waals surface area contributed by atoms with Gasteiger partial charge in [0.25, 0.3) is 5.56 Å². The first kappa shape index (κ1) is 16.7. The number of aliphatic hydroxyl groups is 1. The van der Waals surface area contributed by atoms with Crippen LogP contribution in [0.5, 0.6) is 0 Å². The number of aliphatic hydroxyl groups excluding tert-OH is 1. The smallest absolute Gasteiger partial charge is 0.280 e. The summed E-state index contributed by atoms with van der Waals surface area (Å²) in [5.41, 5.74) is 6.12. The van der Waals surface area contributed by atoms with Crippen molar-refractivity contribution in [1.29, 1.82) is 0 Å². The maximum atomic E-state index is 12.3. The maximum Gasteiger partial charge on any atom is 0.280 e. The molecular formula is C16H18N6O3. The van der Waals surface area contributed by atoms with Gasteiger partial charge in [0.15, 0.2) is 11.2 Å². The number of nitrogen functional groups attached to an aromatic ring is 1. The SMILES string of the molecule is CC(NC(=O)Cn1cnc2c(=O)[nH]c(N)nc21)C(O)c1ccccc1. The number of benzene rings is 1. The van der Waals surface area contributed by atoms with Crippen LogP contribution >= 0.6 is 0 Å². The Morgan fingerprint density at radius 2 is 2.12 bits per heavy atom. The second kappa shape index (κ2) is 6.73. The molecule has 0 saturated carbocycles. The Hall–Kier alpha value is -3.20. The first-order valence-electron chi connectivity index (χ1n) is 7.68. The van der Waals surface area contributed by atoms with Crippen LogP contribution in [-0.2, 0) is 11.3 Å². The number of aromatic amines is 1. The number of aromatic nitrogens is 4. The molecule has 1 aromatic carbocycles. The average Bonchev–Trinajstić information content (AvgIpc) is 2.97. The van der Waals surface area contributed by atoms with Crippen LogP contribution in [0.1, 0.15) is 18.6 Å². The number of rotatable bonds is 5.